The van der Waals surface area contributed by atoms with Crippen LogP contribution < -0.4 is 10.6 Å². The van der Waals surface area contributed by atoms with Crippen LogP contribution in [0.25, 0.3) is 0 Å². The first kappa shape index (κ1) is 30.1. The Balaban J connectivity index is 2.11. The van der Waals surface area contributed by atoms with Crippen molar-refractivity contribution in [1.82, 2.24) is 15.5 Å². The van der Waals surface area contributed by atoms with E-state index in [9.17, 15) is 37.5 Å². The van der Waals surface area contributed by atoms with Crippen LogP contribution in [0, 0.1) is 0 Å². The van der Waals surface area contributed by atoms with Crippen molar-refractivity contribution in [2.45, 2.75) is 76.2 Å². The largest absolute Gasteiger partial charge is 0.480 e. The maximum atomic E-state index is 13.4. The number of aryl methyl sites for hydroxylation is 1. The Labute approximate surface area is 213 Å². The fraction of sp³-hybridized carbons (Fsp3) is 0.600. The summed E-state index contributed by atoms with van der Waals surface area (Å²) in [5, 5.41) is 14.3. The molecule has 1 aromatic carbocycles. The van der Waals surface area contributed by atoms with Crippen molar-refractivity contribution < 1.29 is 42.2 Å². The number of rotatable bonds is 14. The number of amides is 2. The van der Waals surface area contributed by atoms with Gasteiger partial charge < -0.3 is 20.1 Å². The summed E-state index contributed by atoms with van der Waals surface area (Å²) in [4.78, 5) is 50.0. The van der Waals surface area contributed by atoms with Crippen LogP contribution >= 0.6 is 0 Å². The highest BCUT2D eigenvalue weighted by molar-refractivity contribution is 5.88. The second-order valence-electron chi connectivity index (χ2n) is 8.83. The molecule has 206 valence electrons. The van der Waals surface area contributed by atoms with E-state index < -0.39 is 48.1 Å². The van der Waals surface area contributed by atoms with Gasteiger partial charge in [-0.25, -0.2) is 4.79 Å². The molecule has 0 aromatic heterocycles. The van der Waals surface area contributed by atoms with Crippen LogP contribution in [0.1, 0.15) is 51.0 Å². The minimum absolute atomic E-state index is 0.130. The molecule has 37 heavy (non-hydrogen) atoms. The standard InChI is InChI=1S/C25H34F3N3O6/c1-2-37-23(35)19(14-13-17-9-4-3-5-10-17)30-18(11-6-7-15-29-24(36)25(26,27)28)21(32)31-16-8-12-20(31)22(33)34/h3-5,9-10,18-20,30H,2,6-8,11-16H2,1H3,(H,29,36)(H,33,34)/t18?,19-,20-/m0/s1. The predicted molar refractivity (Wildman–Crippen MR) is 127 cm³/mol. The van der Waals surface area contributed by atoms with Crippen molar-refractivity contribution in [3.8, 4) is 0 Å². The van der Waals surface area contributed by atoms with Gasteiger partial charge in [0.05, 0.1) is 12.6 Å². The van der Waals surface area contributed by atoms with Gasteiger partial charge >= 0.3 is 24.0 Å². The van der Waals surface area contributed by atoms with Crippen molar-refractivity contribution in [1.29, 1.82) is 0 Å². The fourth-order valence-electron chi connectivity index (χ4n) is 4.25. The predicted octanol–water partition coefficient (Wildman–Crippen LogP) is 2.43. The number of benzene rings is 1. The van der Waals surface area contributed by atoms with Crippen LogP contribution in [-0.2, 0) is 30.3 Å². The van der Waals surface area contributed by atoms with Gasteiger partial charge in [-0.15, -0.1) is 0 Å². The van der Waals surface area contributed by atoms with Crippen LogP contribution in [-0.4, -0.2) is 77.8 Å². The van der Waals surface area contributed by atoms with E-state index in [2.05, 4.69) is 5.32 Å². The van der Waals surface area contributed by atoms with Crippen LogP contribution in [0.2, 0.25) is 0 Å². The number of hydrogen-bond acceptors (Lipinski definition) is 6. The number of unbranched alkanes of at least 4 members (excludes halogenated alkanes) is 1. The number of alkyl halides is 3. The maximum absolute atomic E-state index is 13.4. The Bertz CT molecular complexity index is 913. The van der Waals surface area contributed by atoms with Gasteiger partial charge in [-0.3, -0.25) is 19.7 Å². The first-order chi connectivity index (χ1) is 17.5. The van der Waals surface area contributed by atoms with Crippen LogP contribution in [0.3, 0.4) is 0 Å². The van der Waals surface area contributed by atoms with Crippen LogP contribution in [0.15, 0.2) is 30.3 Å². The van der Waals surface area contributed by atoms with Crippen LogP contribution in [0.5, 0.6) is 0 Å². The van der Waals surface area contributed by atoms with Gasteiger partial charge in [0.1, 0.15) is 12.1 Å². The number of esters is 1. The lowest BCUT2D eigenvalue weighted by molar-refractivity contribution is -0.173. The van der Waals surface area contributed by atoms with E-state index in [4.69, 9.17) is 4.74 Å². The summed E-state index contributed by atoms with van der Waals surface area (Å²) in [7, 11) is 0. The summed E-state index contributed by atoms with van der Waals surface area (Å²) in [5.41, 5.74) is 0.979. The summed E-state index contributed by atoms with van der Waals surface area (Å²) in [6, 6.07) is 6.62. The van der Waals surface area contributed by atoms with E-state index in [1.165, 1.54) is 4.90 Å². The highest BCUT2D eigenvalue weighted by Crippen LogP contribution is 2.21. The molecule has 12 heteroatoms. The third kappa shape index (κ3) is 9.67. The Morgan fingerprint density at radius 2 is 1.81 bits per heavy atom. The molecular formula is C25H34F3N3O6. The lowest BCUT2D eigenvalue weighted by Crippen LogP contribution is -2.54. The average molecular weight is 530 g/mol. The first-order valence-electron chi connectivity index (χ1n) is 12.4. The van der Waals surface area contributed by atoms with Crippen molar-refractivity contribution in [3.05, 3.63) is 35.9 Å². The molecule has 0 spiro atoms. The summed E-state index contributed by atoms with van der Waals surface area (Å²) >= 11 is 0. The highest BCUT2D eigenvalue weighted by atomic mass is 19.4. The molecule has 0 radical (unpaired) electrons. The van der Waals surface area contributed by atoms with Crippen molar-refractivity contribution >= 4 is 23.8 Å². The maximum Gasteiger partial charge on any atom is 0.471 e. The van der Waals surface area contributed by atoms with Gasteiger partial charge in [0.25, 0.3) is 0 Å². The monoisotopic (exact) mass is 529 g/mol. The number of nitrogens with zero attached hydrogens (tertiary/aromatic N) is 1. The quantitative estimate of drug-likeness (QED) is 0.250. The number of carbonyl (C=O) groups is 4. The summed E-state index contributed by atoms with van der Waals surface area (Å²) in [6.07, 6.45) is -2.77. The van der Waals surface area contributed by atoms with Gasteiger partial charge in [-0.05, 0) is 57.4 Å². The van der Waals surface area contributed by atoms with Gasteiger partial charge in [-0.2, -0.15) is 13.2 Å². The molecule has 1 aromatic rings. The third-order valence-corrected chi connectivity index (χ3v) is 6.12. The minimum Gasteiger partial charge on any atom is -0.480 e. The number of aliphatic carboxylic acids is 1. The fourth-order valence-corrected chi connectivity index (χ4v) is 4.25. The lowest BCUT2D eigenvalue weighted by atomic mass is 10.0. The Hall–Kier alpha value is -3.15. The number of ether oxygens (including phenoxy) is 1. The molecule has 9 nitrogen and oxygen atoms in total. The van der Waals surface area contributed by atoms with Crippen molar-refractivity contribution in [3.63, 3.8) is 0 Å². The van der Waals surface area contributed by atoms with Crippen LogP contribution in [0.4, 0.5) is 13.2 Å². The second kappa shape index (κ2) is 14.6. The Morgan fingerprint density at radius 1 is 1.11 bits per heavy atom. The smallest absolute Gasteiger partial charge is 0.471 e. The average Bonchev–Trinajstić information content (AvgIpc) is 3.35. The van der Waals surface area contributed by atoms with E-state index in [0.29, 0.717) is 25.7 Å². The summed E-state index contributed by atoms with van der Waals surface area (Å²) in [5.74, 6) is -4.20. The molecule has 1 fully saturated rings. The van der Waals surface area contributed by atoms with E-state index in [0.717, 1.165) is 5.56 Å². The van der Waals surface area contributed by atoms with E-state index in [1.807, 2.05) is 30.3 Å². The number of carboxylic acids is 1. The zero-order valence-electron chi connectivity index (χ0n) is 20.8. The number of nitrogens with one attached hydrogen (secondary N) is 2. The number of halogens is 3. The second-order valence-corrected chi connectivity index (χ2v) is 8.83. The molecular weight excluding hydrogens is 495 g/mol. The molecule has 1 saturated heterocycles. The van der Waals surface area contributed by atoms with Gasteiger partial charge in [0.2, 0.25) is 5.91 Å². The molecule has 2 amide bonds. The molecule has 0 saturated carbocycles. The van der Waals surface area contributed by atoms with E-state index in [-0.39, 0.29) is 39.0 Å². The number of likely N-dealkylation sites (tertiary alicyclic amines) is 1. The van der Waals surface area contributed by atoms with Gasteiger partial charge in [0.15, 0.2) is 0 Å². The van der Waals surface area contributed by atoms with E-state index in [1.54, 1.807) is 12.2 Å². The summed E-state index contributed by atoms with van der Waals surface area (Å²) in [6.45, 7) is 1.80. The molecule has 1 unspecified atom stereocenters. The third-order valence-electron chi connectivity index (χ3n) is 6.12. The molecule has 1 aliphatic rings. The first-order valence-corrected chi connectivity index (χ1v) is 12.4. The number of carbonyl (C=O) groups excluding carboxylic acids is 3. The lowest BCUT2D eigenvalue weighted by Gasteiger charge is -2.30. The van der Waals surface area contributed by atoms with Crippen molar-refractivity contribution in [2.75, 3.05) is 19.7 Å². The number of hydrogen-bond donors (Lipinski definition) is 3. The van der Waals surface area contributed by atoms with Gasteiger partial charge in [-0.1, -0.05) is 30.3 Å². The normalized spacial score (nSPS) is 17.2. The summed E-state index contributed by atoms with van der Waals surface area (Å²) < 4.78 is 42.3. The molecule has 3 N–H and O–H groups in total. The van der Waals surface area contributed by atoms with Gasteiger partial charge in [0, 0.05) is 13.1 Å². The zero-order valence-corrected chi connectivity index (χ0v) is 20.8. The SMILES string of the molecule is CCOC(=O)[C@H](CCc1ccccc1)NC(CCCCNC(=O)C(F)(F)F)C(=O)N1CCC[C@H]1C(=O)O. The Kier molecular flexibility index (Phi) is 11.8. The molecule has 1 aliphatic heterocycles. The molecule has 1 heterocycles. The minimum atomic E-state index is -4.98. The Morgan fingerprint density at radius 3 is 2.43 bits per heavy atom. The molecule has 3 atom stereocenters. The molecule has 0 aliphatic carbocycles. The molecule has 2 rings (SSSR count). The zero-order chi connectivity index (χ0) is 27.4. The highest BCUT2D eigenvalue weighted by Gasteiger charge is 2.39. The van der Waals surface area contributed by atoms with Crippen molar-refractivity contribution in [2.24, 2.45) is 0 Å². The topological polar surface area (TPSA) is 125 Å². The van der Waals surface area contributed by atoms with E-state index >= 15 is 0 Å². The number of carboxylic acid groups (broad SMARTS) is 1. The molecule has 0 bridgehead atoms.